The highest BCUT2D eigenvalue weighted by atomic mass is 19.1. The molecule has 0 radical (unpaired) electrons. The molecule has 2 amide bonds. The number of hydrogen-bond donors (Lipinski definition) is 1. The largest absolute Gasteiger partial charge is 0.323 e. The van der Waals surface area contributed by atoms with Gasteiger partial charge in [-0.3, -0.25) is 0 Å². The van der Waals surface area contributed by atoms with Crippen molar-refractivity contribution in [2.24, 2.45) is 0 Å². The molecule has 0 saturated heterocycles. The number of carbonyl (C=O) groups is 1. The second-order valence-corrected chi connectivity index (χ2v) is 4.40. The van der Waals surface area contributed by atoms with E-state index < -0.39 is 17.7 Å². The van der Waals surface area contributed by atoms with Crippen molar-refractivity contribution in [3.63, 3.8) is 0 Å². The molecule has 0 fully saturated rings. The fourth-order valence-electron chi connectivity index (χ4n) is 1.73. The number of hydrogen-bond acceptors (Lipinski definition) is 1. The normalized spacial score (nSPS) is 10.2. The van der Waals surface area contributed by atoms with Crippen molar-refractivity contribution in [2.45, 2.75) is 6.54 Å². The molecule has 0 aliphatic carbocycles. The van der Waals surface area contributed by atoms with Crippen molar-refractivity contribution in [3.05, 3.63) is 65.7 Å². The highest BCUT2D eigenvalue weighted by Gasteiger charge is 2.12. The van der Waals surface area contributed by atoms with E-state index in [9.17, 15) is 13.6 Å². The van der Waals surface area contributed by atoms with Gasteiger partial charge < -0.3 is 10.2 Å². The number of urea groups is 1. The molecule has 2 aromatic carbocycles. The lowest BCUT2D eigenvalue weighted by Crippen LogP contribution is -2.31. The second-order valence-electron chi connectivity index (χ2n) is 4.40. The van der Waals surface area contributed by atoms with E-state index in [0.717, 1.165) is 17.7 Å². The molecule has 20 heavy (non-hydrogen) atoms. The average molecular weight is 276 g/mol. The monoisotopic (exact) mass is 276 g/mol. The molecular formula is C15H14F2N2O. The Kier molecular flexibility index (Phi) is 4.30. The Bertz CT molecular complexity index is 602. The maximum absolute atomic E-state index is 13.4. The SMILES string of the molecule is CN(Cc1ccccc1)C(=O)Nc1ccc(F)cc1F. The summed E-state index contributed by atoms with van der Waals surface area (Å²) in [7, 11) is 1.60. The van der Waals surface area contributed by atoms with E-state index in [-0.39, 0.29) is 5.69 Å². The first-order valence-electron chi connectivity index (χ1n) is 6.07. The molecule has 0 saturated carbocycles. The fraction of sp³-hybridized carbons (Fsp3) is 0.133. The number of amides is 2. The van der Waals surface area contributed by atoms with Crippen molar-refractivity contribution in [3.8, 4) is 0 Å². The van der Waals surface area contributed by atoms with Crippen molar-refractivity contribution in [1.29, 1.82) is 0 Å². The molecule has 0 heterocycles. The maximum Gasteiger partial charge on any atom is 0.321 e. The van der Waals surface area contributed by atoms with E-state index in [1.165, 1.54) is 11.0 Å². The van der Waals surface area contributed by atoms with Crippen molar-refractivity contribution in [2.75, 3.05) is 12.4 Å². The zero-order chi connectivity index (χ0) is 14.5. The zero-order valence-corrected chi connectivity index (χ0v) is 10.9. The molecule has 2 rings (SSSR count). The summed E-state index contributed by atoms with van der Waals surface area (Å²) >= 11 is 0. The lowest BCUT2D eigenvalue weighted by molar-refractivity contribution is 0.220. The molecule has 104 valence electrons. The zero-order valence-electron chi connectivity index (χ0n) is 10.9. The van der Waals surface area contributed by atoms with Crippen molar-refractivity contribution >= 4 is 11.7 Å². The van der Waals surface area contributed by atoms with Crippen molar-refractivity contribution < 1.29 is 13.6 Å². The summed E-state index contributed by atoms with van der Waals surface area (Å²) in [5.41, 5.74) is 0.918. The molecule has 5 heteroatoms. The van der Waals surface area contributed by atoms with Crippen LogP contribution >= 0.6 is 0 Å². The molecule has 0 spiro atoms. The summed E-state index contributed by atoms with van der Waals surface area (Å²) in [6, 6.07) is 12.0. The van der Waals surface area contributed by atoms with E-state index in [0.29, 0.717) is 6.54 Å². The van der Waals surface area contributed by atoms with Crippen LogP contribution in [-0.2, 0) is 6.54 Å². The Hall–Kier alpha value is -2.43. The number of nitrogens with one attached hydrogen (secondary N) is 1. The van der Waals surface area contributed by atoms with Crippen LogP contribution in [0.15, 0.2) is 48.5 Å². The molecule has 1 N–H and O–H groups in total. The van der Waals surface area contributed by atoms with Gasteiger partial charge in [-0.15, -0.1) is 0 Å². The topological polar surface area (TPSA) is 32.3 Å². The van der Waals surface area contributed by atoms with Crippen molar-refractivity contribution in [1.82, 2.24) is 4.90 Å². The standard InChI is InChI=1S/C15H14F2N2O/c1-19(10-11-5-3-2-4-6-11)15(20)18-14-8-7-12(16)9-13(14)17/h2-9H,10H2,1H3,(H,18,20). The van der Waals surface area contributed by atoms with E-state index in [1.807, 2.05) is 30.3 Å². The van der Waals surface area contributed by atoms with Gasteiger partial charge in [0.2, 0.25) is 0 Å². The van der Waals surface area contributed by atoms with Crippen LogP contribution in [0.2, 0.25) is 0 Å². The minimum Gasteiger partial charge on any atom is -0.323 e. The van der Waals surface area contributed by atoms with Gasteiger partial charge in [0.25, 0.3) is 0 Å². The van der Waals surface area contributed by atoms with Gasteiger partial charge >= 0.3 is 6.03 Å². The highest BCUT2D eigenvalue weighted by Crippen LogP contribution is 2.15. The lowest BCUT2D eigenvalue weighted by Gasteiger charge is -2.18. The van der Waals surface area contributed by atoms with E-state index in [1.54, 1.807) is 7.05 Å². The quantitative estimate of drug-likeness (QED) is 0.912. The van der Waals surface area contributed by atoms with Crippen LogP contribution in [0, 0.1) is 11.6 Å². The molecule has 2 aromatic rings. The number of rotatable bonds is 3. The molecule has 0 atom stereocenters. The molecular weight excluding hydrogens is 262 g/mol. The smallest absolute Gasteiger partial charge is 0.321 e. The minimum atomic E-state index is -0.800. The van der Waals surface area contributed by atoms with Crippen LogP contribution in [0.1, 0.15) is 5.56 Å². The van der Waals surface area contributed by atoms with Gasteiger partial charge in [0.15, 0.2) is 0 Å². The minimum absolute atomic E-state index is 0.0451. The summed E-state index contributed by atoms with van der Waals surface area (Å²) in [5.74, 6) is -1.48. The van der Waals surface area contributed by atoms with Crippen LogP contribution in [0.4, 0.5) is 19.3 Å². The summed E-state index contributed by atoms with van der Waals surface area (Å²) in [6.45, 7) is 0.398. The Morgan fingerprint density at radius 2 is 1.85 bits per heavy atom. The number of nitrogens with zero attached hydrogens (tertiary/aromatic N) is 1. The van der Waals surface area contributed by atoms with Crippen LogP contribution in [0.5, 0.6) is 0 Å². The van der Waals surface area contributed by atoms with Gasteiger partial charge in [0.1, 0.15) is 11.6 Å². The number of halogens is 2. The molecule has 0 aliphatic heterocycles. The van der Waals surface area contributed by atoms with Gasteiger partial charge in [-0.05, 0) is 17.7 Å². The first kappa shape index (κ1) is 14.0. The predicted octanol–water partition coefficient (Wildman–Crippen LogP) is 3.63. The van der Waals surface area contributed by atoms with Crippen LogP contribution in [0.3, 0.4) is 0 Å². The van der Waals surface area contributed by atoms with Gasteiger partial charge in [-0.1, -0.05) is 30.3 Å². The number of carbonyl (C=O) groups excluding carboxylic acids is 1. The fourth-order valence-corrected chi connectivity index (χ4v) is 1.73. The third-order valence-corrected chi connectivity index (χ3v) is 2.78. The maximum atomic E-state index is 13.4. The second kappa shape index (κ2) is 6.14. The number of anilines is 1. The van der Waals surface area contributed by atoms with Crippen LogP contribution in [-0.4, -0.2) is 18.0 Å². The molecule has 3 nitrogen and oxygen atoms in total. The van der Waals surface area contributed by atoms with Crippen LogP contribution in [0.25, 0.3) is 0 Å². The lowest BCUT2D eigenvalue weighted by atomic mass is 10.2. The molecule has 0 unspecified atom stereocenters. The summed E-state index contributed by atoms with van der Waals surface area (Å²) in [5, 5.41) is 2.40. The summed E-state index contributed by atoms with van der Waals surface area (Å²) < 4.78 is 26.2. The highest BCUT2D eigenvalue weighted by molar-refractivity contribution is 5.89. The average Bonchev–Trinajstić information content (AvgIpc) is 2.43. The molecule has 0 aliphatic rings. The molecule has 0 aromatic heterocycles. The summed E-state index contributed by atoms with van der Waals surface area (Å²) in [4.78, 5) is 13.3. The van der Waals surface area contributed by atoms with Crippen LogP contribution < -0.4 is 5.32 Å². The Morgan fingerprint density at radius 1 is 1.15 bits per heavy atom. The Morgan fingerprint density at radius 3 is 2.50 bits per heavy atom. The molecule has 0 bridgehead atoms. The third-order valence-electron chi connectivity index (χ3n) is 2.78. The Labute approximate surface area is 115 Å². The Balaban J connectivity index is 2.01. The van der Waals surface area contributed by atoms with Gasteiger partial charge in [-0.25, -0.2) is 13.6 Å². The van der Waals surface area contributed by atoms with E-state index in [4.69, 9.17) is 0 Å². The van der Waals surface area contributed by atoms with Gasteiger partial charge in [0.05, 0.1) is 5.69 Å². The number of benzene rings is 2. The van der Waals surface area contributed by atoms with Gasteiger partial charge in [-0.2, -0.15) is 0 Å². The summed E-state index contributed by atoms with van der Waals surface area (Å²) in [6.07, 6.45) is 0. The van der Waals surface area contributed by atoms with E-state index >= 15 is 0 Å². The van der Waals surface area contributed by atoms with E-state index in [2.05, 4.69) is 5.32 Å². The first-order valence-corrected chi connectivity index (χ1v) is 6.07. The predicted molar refractivity (Wildman–Crippen MR) is 73.3 cm³/mol. The third kappa shape index (κ3) is 3.54. The van der Waals surface area contributed by atoms with Gasteiger partial charge in [0, 0.05) is 19.7 Å². The first-order chi connectivity index (χ1) is 9.56.